The van der Waals surface area contributed by atoms with Crippen molar-refractivity contribution in [1.82, 2.24) is 0 Å². The van der Waals surface area contributed by atoms with Crippen LogP contribution >= 0.6 is 0 Å². The van der Waals surface area contributed by atoms with E-state index < -0.39 is 11.8 Å². The van der Waals surface area contributed by atoms with Crippen molar-refractivity contribution in [2.24, 2.45) is 5.92 Å². The number of rotatable bonds is 11. The van der Waals surface area contributed by atoms with Crippen molar-refractivity contribution in [3.8, 4) is 16.9 Å². The highest BCUT2D eigenvalue weighted by Crippen LogP contribution is 2.47. The quantitative estimate of drug-likeness (QED) is 0.324. The molecule has 0 N–H and O–H groups in total. The molecule has 0 bridgehead atoms. The number of ether oxygens (including phenoxy) is 1. The molecule has 0 radical (unpaired) electrons. The molecule has 3 heteroatoms. The van der Waals surface area contributed by atoms with E-state index in [4.69, 9.17) is 4.74 Å². The van der Waals surface area contributed by atoms with E-state index in [-0.39, 0.29) is 12.3 Å². The van der Waals surface area contributed by atoms with Gasteiger partial charge in [-0.1, -0.05) is 88.8 Å². The Morgan fingerprint density at radius 3 is 2.03 bits per heavy atom. The van der Waals surface area contributed by atoms with Crippen LogP contribution in [0.2, 0.25) is 0 Å². The Labute approximate surface area is 187 Å². The van der Waals surface area contributed by atoms with Gasteiger partial charge in [0.1, 0.15) is 5.75 Å². The van der Waals surface area contributed by atoms with Crippen molar-refractivity contribution in [2.75, 3.05) is 6.61 Å². The number of unbranched alkanes of at least 4 members (excludes halogenated alkanes) is 5. The Morgan fingerprint density at radius 2 is 1.42 bits per heavy atom. The van der Waals surface area contributed by atoms with E-state index in [0.717, 1.165) is 48.3 Å². The van der Waals surface area contributed by atoms with Crippen molar-refractivity contribution >= 4 is 0 Å². The van der Waals surface area contributed by atoms with E-state index in [1.54, 1.807) is 0 Å². The number of hydrogen-bond donors (Lipinski definition) is 0. The van der Waals surface area contributed by atoms with E-state index >= 15 is 0 Å². The Bertz CT molecular complexity index is 767. The van der Waals surface area contributed by atoms with Gasteiger partial charge in [-0.15, -0.1) is 0 Å². The number of hydrogen-bond acceptors (Lipinski definition) is 1. The minimum atomic E-state index is -2.60. The first kappa shape index (κ1) is 23.8. The lowest BCUT2D eigenvalue weighted by molar-refractivity contribution is -0.0729. The second-order valence-corrected chi connectivity index (χ2v) is 9.13. The minimum absolute atomic E-state index is 0.0239. The molecule has 0 heterocycles. The molecule has 1 aliphatic rings. The van der Waals surface area contributed by atoms with Crippen molar-refractivity contribution in [1.29, 1.82) is 0 Å². The zero-order valence-corrected chi connectivity index (χ0v) is 19.2. The summed E-state index contributed by atoms with van der Waals surface area (Å²) in [5.74, 6) is -2.20. The van der Waals surface area contributed by atoms with Gasteiger partial charge in [0.05, 0.1) is 6.61 Å². The summed E-state index contributed by atoms with van der Waals surface area (Å²) in [4.78, 5) is 0. The van der Waals surface area contributed by atoms with Gasteiger partial charge in [-0.25, -0.2) is 8.78 Å². The molecule has 2 aromatic rings. The van der Waals surface area contributed by atoms with Gasteiger partial charge in [-0.2, -0.15) is 0 Å². The average Bonchev–Trinajstić information content (AvgIpc) is 2.78. The maximum absolute atomic E-state index is 14.7. The smallest absolute Gasteiger partial charge is 0.255 e. The normalized spacial score (nSPS) is 20.5. The van der Waals surface area contributed by atoms with Crippen molar-refractivity contribution < 1.29 is 13.5 Å². The Kier molecular flexibility index (Phi) is 8.92. The van der Waals surface area contributed by atoms with Crippen LogP contribution in [0, 0.1) is 5.92 Å². The molecular weight excluding hydrogens is 390 g/mol. The highest BCUT2D eigenvalue weighted by atomic mass is 19.3. The van der Waals surface area contributed by atoms with Crippen LogP contribution in [-0.2, 0) is 0 Å². The van der Waals surface area contributed by atoms with Crippen LogP contribution in [-0.4, -0.2) is 12.5 Å². The summed E-state index contributed by atoms with van der Waals surface area (Å²) in [6.07, 6.45) is 9.88. The van der Waals surface area contributed by atoms with Gasteiger partial charge in [0.2, 0.25) is 0 Å². The SMILES string of the molecule is CCCCCCCCOc1ccc(-c2ccc([C@@H]3CC[C@@H](CC)CC3(F)F)cc2)cc1. The highest BCUT2D eigenvalue weighted by Gasteiger charge is 2.45. The molecular formula is C28H38F2O. The van der Waals surface area contributed by atoms with Gasteiger partial charge in [0.25, 0.3) is 5.92 Å². The highest BCUT2D eigenvalue weighted by molar-refractivity contribution is 5.64. The van der Waals surface area contributed by atoms with Gasteiger partial charge in [-0.3, -0.25) is 0 Å². The van der Waals surface area contributed by atoms with Crippen LogP contribution in [0.15, 0.2) is 48.5 Å². The van der Waals surface area contributed by atoms with Crippen LogP contribution < -0.4 is 4.74 Å². The Hall–Kier alpha value is -1.90. The van der Waals surface area contributed by atoms with Crippen molar-refractivity contribution in [2.45, 2.75) is 89.9 Å². The van der Waals surface area contributed by atoms with Gasteiger partial charge < -0.3 is 4.74 Å². The molecule has 1 nitrogen and oxygen atoms in total. The molecule has 0 aromatic heterocycles. The Balaban J connectivity index is 1.52. The standard InChI is InChI=1S/C28H38F2O/c1-3-5-6-7-8-9-20-31-26-17-15-24(16-18-26)23-11-13-25(14-12-23)27-19-10-22(4-2)21-28(27,29)30/h11-18,22,27H,3-10,19-21H2,1-2H3/t22-,27+/m1/s1. The zero-order valence-electron chi connectivity index (χ0n) is 19.2. The lowest BCUT2D eigenvalue weighted by Crippen LogP contribution is -2.34. The summed E-state index contributed by atoms with van der Waals surface area (Å²) >= 11 is 0. The first-order chi connectivity index (χ1) is 15.0. The van der Waals surface area contributed by atoms with Crippen molar-refractivity contribution in [3.05, 3.63) is 54.1 Å². The number of benzene rings is 2. The fourth-order valence-corrected chi connectivity index (χ4v) is 4.73. The zero-order chi connectivity index (χ0) is 22.1. The molecule has 1 aliphatic carbocycles. The van der Waals surface area contributed by atoms with E-state index in [2.05, 4.69) is 6.92 Å². The predicted molar refractivity (Wildman–Crippen MR) is 126 cm³/mol. The molecule has 0 aliphatic heterocycles. The topological polar surface area (TPSA) is 9.23 Å². The first-order valence-electron chi connectivity index (χ1n) is 12.2. The summed E-state index contributed by atoms with van der Waals surface area (Å²) in [5, 5.41) is 0. The molecule has 2 aromatic carbocycles. The molecule has 31 heavy (non-hydrogen) atoms. The molecule has 0 unspecified atom stereocenters. The Morgan fingerprint density at radius 1 is 0.806 bits per heavy atom. The third-order valence-electron chi connectivity index (χ3n) is 6.78. The van der Waals surface area contributed by atoms with E-state index in [9.17, 15) is 8.78 Å². The number of halogens is 2. The van der Waals surface area contributed by atoms with Crippen LogP contribution in [0.5, 0.6) is 5.75 Å². The summed E-state index contributed by atoms with van der Waals surface area (Å²) in [7, 11) is 0. The molecule has 0 amide bonds. The monoisotopic (exact) mass is 428 g/mol. The second-order valence-electron chi connectivity index (χ2n) is 9.13. The fraction of sp³-hybridized carbons (Fsp3) is 0.571. The largest absolute Gasteiger partial charge is 0.494 e. The molecule has 0 spiro atoms. The molecule has 170 valence electrons. The third-order valence-corrected chi connectivity index (χ3v) is 6.78. The minimum Gasteiger partial charge on any atom is -0.494 e. The van der Waals surface area contributed by atoms with Crippen molar-refractivity contribution in [3.63, 3.8) is 0 Å². The molecule has 1 fully saturated rings. The van der Waals surface area contributed by atoms with Gasteiger partial charge in [0.15, 0.2) is 0 Å². The second kappa shape index (κ2) is 11.6. The summed E-state index contributed by atoms with van der Waals surface area (Å²) in [5.41, 5.74) is 2.90. The van der Waals surface area contributed by atoms with Crippen LogP contribution in [0.25, 0.3) is 11.1 Å². The first-order valence-corrected chi connectivity index (χ1v) is 12.2. The summed E-state index contributed by atoms with van der Waals surface area (Å²) in [6.45, 7) is 5.01. The van der Waals surface area contributed by atoms with E-state index in [1.807, 2.05) is 55.5 Å². The van der Waals surface area contributed by atoms with Gasteiger partial charge >= 0.3 is 0 Å². The van der Waals surface area contributed by atoms with E-state index in [0.29, 0.717) is 6.42 Å². The molecule has 0 saturated heterocycles. The molecule has 1 saturated carbocycles. The maximum atomic E-state index is 14.7. The summed E-state index contributed by atoms with van der Waals surface area (Å²) < 4.78 is 35.2. The molecule has 2 atom stereocenters. The lowest BCUT2D eigenvalue weighted by atomic mass is 9.75. The average molecular weight is 429 g/mol. The van der Waals surface area contributed by atoms with Crippen LogP contribution in [0.1, 0.15) is 89.5 Å². The van der Waals surface area contributed by atoms with Gasteiger partial charge in [-0.05, 0) is 54.0 Å². The number of alkyl halides is 2. The third kappa shape index (κ3) is 6.79. The molecule has 3 rings (SSSR count). The fourth-order valence-electron chi connectivity index (χ4n) is 4.73. The van der Waals surface area contributed by atoms with E-state index in [1.165, 1.54) is 32.1 Å². The van der Waals surface area contributed by atoms with Crippen LogP contribution in [0.3, 0.4) is 0 Å². The van der Waals surface area contributed by atoms with Gasteiger partial charge in [0, 0.05) is 12.3 Å². The maximum Gasteiger partial charge on any atom is 0.255 e. The summed E-state index contributed by atoms with van der Waals surface area (Å²) in [6, 6.07) is 15.8. The lowest BCUT2D eigenvalue weighted by Gasteiger charge is -2.36. The van der Waals surface area contributed by atoms with Crippen LogP contribution in [0.4, 0.5) is 8.78 Å². The predicted octanol–water partition coefficient (Wildman–Crippen LogP) is 9.02.